The Morgan fingerprint density at radius 1 is 1.08 bits per heavy atom. The number of carbonyl (C=O) groups excluding carboxylic acids is 1. The molecule has 0 unspecified atom stereocenters. The maximum Gasteiger partial charge on any atom is 0.224 e. The van der Waals surface area contributed by atoms with Crippen molar-refractivity contribution < 1.29 is 9.53 Å². The van der Waals surface area contributed by atoms with Crippen LogP contribution in [-0.4, -0.2) is 32.0 Å². The number of aryl methyl sites for hydroxylation is 1. The van der Waals surface area contributed by atoms with Crippen LogP contribution in [0.1, 0.15) is 22.3 Å². The predicted octanol–water partition coefficient (Wildman–Crippen LogP) is 2.92. The Bertz CT molecular complexity index is 679. The van der Waals surface area contributed by atoms with Crippen LogP contribution in [0.4, 0.5) is 0 Å². The molecule has 0 aliphatic rings. The van der Waals surface area contributed by atoms with Gasteiger partial charge in [-0.1, -0.05) is 42.0 Å². The third-order valence-corrected chi connectivity index (χ3v) is 3.80. The number of benzene rings is 2. The third-order valence-electron chi connectivity index (χ3n) is 3.80. The lowest BCUT2D eigenvalue weighted by Crippen LogP contribution is -2.24. The van der Waals surface area contributed by atoms with Gasteiger partial charge in [-0.05, 0) is 38.2 Å². The van der Waals surface area contributed by atoms with Crippen LogP contribution in [0.5, 0.6) is 5.75 Å². The summed E-state index contributed by atoms with van der Waals surface area (Å²) < 4.78 is 5.32. The Balaban J connectivity index is 1.90. The summed E-state index contributed by atoms with van der Waals surface area (Å²) >= 11 is 0. The second-order valence-electron chi connectivity index (χ2n) is 6.32. The summed E-state index contributed by atoms with van der Waals surface area (Å²) in [4.78, 5) is 14.3. The van der Waals surface area contributed by atoms with Gasteiger partial charge in [-0.2, -0.15) is 0 Å². The average molecular weight is 326 g/mol. The molecule has 0 bridgehead atoms. The standard InChI is InChI=1S/C20H26N2O2/c1-15-5-10-19(24-4)18(11-15)12-20(23)21-13-16-6-8-17(9-7-16)14-22(2)3/h5-11H,12-14H2,1-4H3,(H,21,23). The number of hydrogen-bond acceptors (Lipinski definition) is 3. The summed E-state index contributed by atoms with van der Waals surface area (Å²) in [7, 11) is 5.72. The van der Waals surface area contributed by atoms with Crippen molar-refractivity contribution in [3.63, 3.8) is 0 Å². The molecule has 4 nitrogen and oxygen atoms in total. The van der Waals surface area contributed by atoms with Crippen molar-refractivity contribution >= 4 is 5.91 Å². The first-order valence-electron chi connectivity index (χ1n) is 8.10. The quantitative estimate of drug-likeness (QED) is 0.850. The minimum atomic E-state index is -0.00346. The minimum Gasteiger partial charge on any atom is -0.496 e. The molecular weight excluding hydrogens is 300 g/mol. The van der Waals surface area contributed by atoms with E-state index in [1.54, 1.807) is 7.11 Å². The Labute approximate surface area is 144 Å². The summed E-state index contributed by atoms with van der Waals surface area (Å²) in [5.41, 5.74) is 4.40. The molecule has 0 aromatic heterocycles. The van der Waals surface area contributed by atoms with Gasteiger partial charge in [0, 0.05) is 18.7 Å². The first kappa shape index (κ1) is 18.0. The summed E-state index contributed by atoms with van der Waals surface area (Å²) in [6, 6.07) is 14.2. The van der Waals surface area contributed by atoms with Gasteiger partial charge in [0.2, 0.25) is 5.91 Å². The molecule has 0 aliphatic heterocycles. The van der Waals surface area contributed by atoms with E-state index in [4.69, 9.17) is 4.74 Å². The highest BCUT2D eigenvalue weighted by Gasteiger charge is 2.09. The Morgan fingerprint density at radius 3 is 2.38 bits per heavy atom. The van der Waals surface area contributed by atoms with Gasteiger partial charge in [-0.3, -0.25) is 4.79 Å². The van der Waals surface area contributed by atoms with E-state index in [9.17, 15) is 4.79 Å². The highest BCUT2D eigenvalue weighted by atomic mass is 16.5. The van der Waals surface area contributed by atoms with Crippen molar-refractivity contribution in [2.45, 2.75) is 26.4 Å². The van der Waals surface area contributed by atoms with Crippen molar-refractivity contribution in [1.29, 1.82) is 0 Å². The van der Waals surface area contributed by atoms with Crippen molar-refractivity contribution in [2.24, 2.45) is 0 Å². The zero-order valence-corrected chi connectivity index (χ0v) is 14.9. The van der Waals surface area contributed by atoms with Gasteiger partial charge < -0.3 is 15.0 Å². The zero-order chi connectivity index (χ0) is 17.5. The van der Waals surface area contributed by atoms with E-state index in [1.165, 1.54) is 5.56 Å². The normalized spacial score (nSPS) is 10.7. The molecule has 0 heterocycles. The predicted molar refractivity (Wildman–Crippen MR) is 97.1 cm³/mol. The van der Waals surface area contributed by atoms with Gasteiger partial charge in [-0.15, -0.1) is 0 Å². The number of carbonyl (C=O) groups is 1. The Morgan fingerprint density at radius 2 is 1.75 bits per heavy atom. The van der Waals surface area contributed by atoms with Crippen LogP contribution >= 0.6 is 0 Å². The van der Waals surface area contributed by atoms with Crippen LogP contribution in [0.3, 0.4) is 0 Å². The lowest BCUT2D eigenvalue weighted by atomic mass is 10.1. The fourth-order valence-corrected chi connectivity index (χ4v) is 2.61. The van der Waals surface area contributed by atoms with Gasteiger partial charge in [0.25, 0.3) is 0 Å². The first-order chi connectivity index (χ1) is 11.5. The minimum absolute atomic E-state index is 0.00346. The second kappa shape index (κ2) is 8.50. The largest absolute Gasteiger partial charge is 0.496 e. The molecule has 24 heavy (non-hydrogen) atoms. The zero-order valence-electron chi connectivity index (χ0n) is 14.9. The molecule has 1 N–H and O–H groups in total. The molecule has 2 aromatic carbocycles. The lowest BCUT2D eigenvalue weighted by Gasteiger charge is -2.11. The van der Waals surface area contributed by atoms with Gasteiger partial charge >= 0.3 is 0 Å². The molecule has 4 heteroatoms. The van der Waals surface area contributed by atoms with E-state index in [2.05, 4.69) is 34.5 Å². The molecule has 1 amide bonds. The highest BCUT2D eigenvalue weighted by molar-refractivity contribution is 5.79. The lowest BCUT2D eigenvalue weighted by molar-refractivity contribution is -0.120. The van der Waals surface area contributed by atoms with Crippen LogP contribution in [0, 0.1) is 6.92 Å². The third kappa shape index (κ3) is 5.39. The van der Waals surface area contributed by atoms with Crippen LogP contribution in [-0.2, 0) is 24.3 Å². The molecule has 0 saturated heterocycles. The maximum absolute atomic E-state index is 12.2. The van der Waals surface area contributed by atoms with E-state index < -0.39 is 0 Å². The number of hydrogen-bond donors (Lipinski definition) is 1. The molecule has 0 saturated carbocycles. The van der Waals surface area contributed by atoms with Gasteiger partial charge in [0.1, 0.15) is 5.75 Å². The molecule has 0 aliphatic carbocycles. The molecular formula is C20H26N2O2. The molecule has 0 spiro atoms. The summed E-state index contributed by atoms with van der Waals surface area (Å²) in [5, 5.41) is 2.97. The number of nitrogens with zero attached hydrogens (tertiary/aromatic N) is 1. The topological polar surface area (TPSA) is 41.6 Å². The molecule has 2 aromatic rings. The molecule has 128 valence electrons. The van der Waals surface area contributed by atoms with Crippen molar-refractivity contribution in [3.05, 3.63) is 64.7 Å². The maximum atomic E-state index is 12.2. The fourth-order valence-electron chi connectivity index (χ4n) is 2.61. The summed E-state index contributed by atoms with van der Waals surface area (Å²) in [5.74, 6) is 0.750. The van der Waals surface area contributed by atoms with Crippen molar-refractivity contribution in [1.82, 2.24) is 10.2 Å². The van der Waals surface area contributed by atoms with Crippen LogP contribution < -0.4 is 10.1 Å². The Kier molecular flexibility index (Phi) is 6.38. The molecule has 0 fully saturated rings. The second-order valence-corrected chi connectivity index (χ2v) is 6.32. The number of ether oxygens (including phenoxy) is 1. The van der Waals surface area contributed by atoms with Gasteiger partial charge in [-0.25, -0.2) is 0 Å². The highest BCUT2D eigenvalue weighted by Crippen LogP contribution is 2.20. The average Bonchev–Trinajstić information content (AvgIpc) is 2.54. The molecule has 0 radical (unpaired) electrons. The van der Waals surface area contributed by atoms with E-state index in [0.29, 0.717) is 13.0 Å². The Hall–Kier alpha value is -2.33. The summed E-state index contributed by atoms with van der Waals surface area (Å²) in [6.45, 7) is 3.46. The fraction of sp³-hybridized carbons (Fsp3) is 0.350. The van der Waals surface area contributed by atoms with E-state index in [1.807, 2.05) is 39.2 Å². The van der Waals surface area contributed by atoms with E-state index in [-0.39, 0.29) is 5.91 Å². The van der Waals surface area contributed by atoms with Gasteiger partial charge in [0.05, 0.1) is 13.5 Å². The van der Waals surface area contributed by atoms with Crippen molar-refractivity contribution in [2.75, 3.05) is 21.2 Å². The van der Waals surface area contributed by atoms with E-state index in [0.717, 1.165) is 29.0 Å². The number of amides is 1. The SMILES string of the molecule is COc1ccc(C)cc1CC(=O)NCc1ccc(CN(C)C)cc1. The van der Waals surface area contributed by atoms with E-state index >= 15 is 0 Å². The number of nitrogens with one attached hydrogen (secondary N) is 1. The summed E-state index contributed by atoms with van der Waals surface area (Å²) in [6.07, 6.45) is 0.323. The van der Waals surface area contributed by atoms with Crippen molar-refractivity contribution in [3.8, 4) is 5.75 Å². The van der Waals surface area contributed by atoms with Crippen LogP contribution in [0.15, 0.2) is 42.5 Å². The number of methoxy groups -OCH3 is 1. The first-order valence-corrected chi connectivity index (χ1v) is 8.10. The number of rotatable bonds is 7. The monoisotopic (exact) mass is 326 g/mol. The molecule has 0 atom stereocenters. The molecule has 2 rings (SSSR count). The van der Waals surface area contributed by atoms with Crippen LogP contribution in [0.25, 0.3) is 0 Å². The van der Waals surface area contributed by atoms with Crippen LogP contribution in [0.2, 0.25) is 0 Å². The smallest absolute Gasteiger partial charge is 0.224 e. The van der Waals surface area contributed by atoms with Gasteiger partial charge in [0.15, 0.2) is 0 Å².